The molecule has 3 N–H and O–H groups in total. The van der Waals surface area contributed by atoms with Crippen molar-refractivity contribution in [3.05, 3.63) is 60.4 Å². The zero-order valence-electron chi connectivity index (χ0n) is 11.0. The van der Waals surface area contributed by atoms with E-state index in [1.54, 1.807) is 18.3 Å². The van der Waals surface area contributed by atoms with Gasteiger partial charge in [-0.15, -0.1) is 0 Å². The van der Waals surface area contributed by atoms with E-state index in [4.69, 9.17) is 15.7 Å². The largest absolute Gasteiger partial charge is 0.438 e. The van der Waals surface area contributed by atoms with Crippen molar-refractivity contribution >= 4 is 16.7 Å². The van der Waals surface area contributed by atoms with Gasteiger partial charge in [-0.25, -0.2) is 4.98 Å². The Bertz CT molecular complexity index is 812. The van der Waals surface area contributed by atoms with E-state index in [0.717, 1.165) is 10.9 Å². The van der Waals surface area contributed by atoms with Crippen LogP contribution >= 0.6 is 0 Å². The van der Waals surface area contributed by atoms with E-state index in [1.165, 1.54) is 6.20 Å². The molecular weight excluding hydrogens is 268 g/mol. The van der Waals surface area contributed by atoms with Crippen molar-refractivity contribution in [1.29, 1.82) is 0 Å². The zero-order chi connectivity index (χ0) is 14.7. The van der Waals surface area contributed by atoms with Gasteiger partial charge in [-0.1, -0.05) is 11.2 Å². The Kier molecular flexibility index (Phi) is 3.34. The van der Waals surface area contributed by atoms with Crippen molar-refractivity contribution in [3.63, 3.8) is 0 Å². The highest BCUT2D eigenvalue weighted by Crippen LogP contribution is 2.27. The number of benzene rings is 1. The van der Waals surface area contributed by atoms with Gasteiger partial charge in [0.25, 0.3) is 0 Å². The average Bonchev–Trinajstić information content (AvgIpc) is 2.55. The summed E-state index contributed by atoms with van der Waals surface area (Å²) >= 11 is 0. The number of aromatic nitrogens is 2. The minimum atomic E-state index is 0.00170. The summed E-state index contributed by atoms with van der Waals surface area (Å²) in [6, 6.07) is 12.6. The van der Waals surface area contributed by atoms with Gasteiger partial charge in [0.15, 0.2) is 5.84 Å². The molecule has 6 heteroatoms. The Labute approximate surface area is 120 Å². The molecule has 0 radical (unpaired) electrons. The summed E-state index contributed by atoms with van der Waals surface area (Å²) in [5.41, 5.74) is 6.92. The van der Waals surface area contributed by atoms with Gasteiger partial charge in [-0.2, -0.15) is 0 Å². The number of pyridine rings is 2. The summed E-state index contributed by atoms with van der Waals surface area (Å²) in [6.07, 6.45) is 3.26. The predicted octanol–water partition coefficient (Wildman–Crippen LogP) is 2.52. The molecule has 0 aliphatic carbocycles. The van der Waals surface area contributed by atoms with E-state index in [0.29, 0.717) is 17.2 Å². The molecule has 0 unspecified atom stereocenters. The second-order valence-electron chi connectivity index (χ2n) is 4.30. The van der Waals surface area contributed by atoms with E-state index in [2.05, 4.69) is 15.1 Å². The van der Waals surface area contributed by atoms with Crippen LogP contribution in [0.15, 0.2) is 60.0 Å². The molecule has 0 atom stereocenters. The molecular formula is C15H12N4O2. The maximum Gasteiger partial charge on any atom is 0.219 e. The second-order valence-corrected chi connectivity index (χ2v) is 4.30. The van der Waals surface area contributed by atoms with Crippen molar-refractivity contribution in [3.8, 4) is 11.6 Å². The topological polar surface area (TPSA) is 93.6 Å². The molecule has 0 aliphatic heterocycles. The van der Waals surface area contributed by atoms with Crippen LogP contribution in [0.2, 0.25) is 0 Å². The number of amidine groups is 1. The Morgan fingerprint density at radius 3 is 2.86 bits per heavy atom. The third-order valence-electron chi connectivity index (χ3n) is 2.96. The van der Waals surface area contributed by atoms with Crippen LogP contribution in [0.25, 0.3) is 10.9 Å². The van der Waals surface area contributed by atoms with E-state index in [9.17, 15) is 0 Å². The Hall–Kier alpha value is -3.15. The van der Waals surface area contributed by atoms with Crippen molar-refractivity contribution in [1.82, 2.24) is 9.97 Å². The molecule has 0 spiro atoms. The molecule has 0 amide bonds. The van der Waals surface area contributed by atoms with Crippen LogP contribution in [0.4, 0.5) is 0 Å². The fourth-order valence-corrected chi connectivity index (χ4v) is 1.96. The van der Waals surface area contributed by atoms with Crippen molar-refractivity contribution in [2.24, 2.45) is 10.9 Å². The van der Waals surface area contributed by atoms with Crippen LogP contribution < -0.4 is 10.5 Å². The van der Waals surface area contributed by atoms with E-state index >= 15 is 0 Å². The quantitative estimate of drug-likeness (QED) is 0.333. The Morgan fingerprint density at radius 1 is 1.10 bits per heavy atom. The number of ether oxygens (including phenoxy) is 1. The number of hydrogen-bond acceptors (Lipinski definition) is 5. The minimum Gasteiger partial charge on any atom is -0.438 e. The molecule has 0 aliphatic rings. The summed E-state index contributed by atoms with van der Waals surface area (Å²) in [6.45, 7) is 0. The molecule has 104 valence electrons. The average molecular weight is 280 g/mol. The van der Waals surface area contributed by atoms with E-state index in [1.807, 2.05) is 30.3 Å². The second kappa shape index (κ2) is 5.46. The molecule has 6 nitrogen and oxygen atoms in total. The minimum absolute atomic E-state index is 0.00170. The lowest BCUT2D eigenvalue weighted by Gasteiger charge is -2.08. The smallest absolute Gasteiger partial charge is 0.219 e. The van der Waals surface area contributed by atoms with Crippen molar-refractivity contribution in [2.45, 2.75) is 0 Å². The Balaban J connectivity index is 1.99. The summed E-state index contributed by atoms with van der Waals surface area (Å²) in [4.78, 5) is 8.39. The molecule has 1 aromatic carbocycles. The van der Waals surface area contributed by atoms with Gasteiger partial charge in [0.05, 0.1) is 5.52 Å². The molecule has 0 fully saturated rings. The van der Waals surface area contributed by atoms with Crippen molar-refractivity contribution < 1.29 is 9.94 Å². The molecule has 0 saturated carbocycles. The number of oxime groups is 1. The van der Waals surface area contributed by atoms with Crippen LogP contribution in [-0.4, -0.2) is 21.0 Å². The Morgan fingerprint density at radius 2 is 2.00 bits per heavy atom. The van der Waals surface area contributed by atoms with Gasteiger partial charge in [-0.3, -0.25) is 4.98 Å². The van der Waals surface area contributed by atoms with Crippen LogP contribution in [-0.2, 0) is 0 Å². The predicted molar refractivity (Wildman–Crippen MR) is 78.6 cm³/mol. The van der Waals surface area contributed by atoms with Gasteiger partial charge in [0.1, 0.15) is 5.75 Å². The maximum atomic E-state index is 8.70. The first-order chi connectivity index (χ1) is 10.3. The highest BCUT2D eigenvalue weighted by atomic mass is 16.5. The van der Waals surface area contributed by atoms with Crippen LogP contribution in [0.5, 0.6) is 11.6 Å². The molecule has 0 bridgehead atoms. The number of rotatable bonds is 3. The monoisotopic (exact) mass is 280 g/mol. The SMILES string of the molecule is N/C(=N/O)c1ccnc(Oc2cccc3ncccc23)c1. The van der Waals surface area contributed by atoms with Crippen molar-refractivity contribution in [2.75, 3.05) is 0 Å². The molecule has 21 heavy (non-hydrogen) atoms. The molecule has 2 aromatic heterocycles. The highest BCUT2D eigenvalue weighted by Gasteiger charge is 2.07. The third kappa shape index (κ3) is 2.59. The highest BCUT2D eigenvalue weighted by molar-refractivity contribution is 5.97. The molecule has 3 aromatic rings. The fourth-order valence-electron chi connectivity index (χ4n) is 1.96. The summed E-state index contributed by atoms with van der Waals surface area (Å²) in [7, 11) is 0. The van der Waals surface area contributed by atoms with Crippen LogP contribution in [0.1, 0.15) is 5.56 Å². The lowest BCUT2D eigenvalue weighted by atomic mass is 10.2. The van der Waals surface area contributed by atoms with Gasteiger partial charge >= 0.3 is 0 Å². The summed E-state index contributed by atoms with van der Waals surface area (Å²) < 4.78 is 5.78. The molecule has 3 rings (SSSR count). The zero-order valence-corrected chi connectivity index (χ0v) is 11.0. The number of nitrogens with two attached hydrogens (primary N) is 1. The maximum absolute atomic E-state index is 8.70. The van der Waals surface area contributed by atoms with E-state index < -0.39 is 0 Å². The summed E-state index contributed by atoms with van der Waals surface area (Å²) in [5.74, 6) is 1.00. The van der Waals surface area contributed by atoms with Crippen LogP contribution in [0, 0.1) is 0 Å². The number of nitrogens with zero attached hydrogens (tertiary/aromatic N) is 3. The lowest BCUT2D eigenvalue weighted by Crippen LogP contribution is -2.13. The molecule has 0 saturated heterocycles. The summed E-state index contributed by atoms with van der Waals surface area (Å²) in [5, 5.41) is 12.5. The van der Waals surface area contributed by atoms with Gasteiger partial charge in [0.2, 0.25) is 5.88 Å². The van der Waals surface area contributed by atoms with E-state index in [-0.39, 0.29) is 5.84 Å². The standard InChI is InChI=1S/C15H12N4O2/c16-15(19-20)10-6-8-18-14(9-10)21-13-5-1-4-12-11(13)3-2-7-17-12/h1-9,20H,(H2,16,19). The molecule has 2 heterocycles. The van der Waals surface area contributed by atoms with Gasteiger partial charge in [-0.05, 0) is 30.3 Å². The fraction of sp³-hybridized carbons (Fsp3) is 0. The first kappa shape index (κ1) is 12.9. The van der Waals surface area contributed by atoms with Gasteiger partial charge < -0.3 is 15.7 Å². The first-order valence-corrected chi connectivity index (χ1v) is 6.23. The van der Waals surface area contributed by atoms with Gasteiger partial charge in [0, 0.05) is 29.4 Å². The number of fused-ring (bicyclic) bond motifs is 1. The third-order valence-corrected chi connectivity index (χ3v) is 2.96. The number of hydrogen-bond donors (Lipinski definition) is 2. The lowest BCUT2D eigenvalue weighted by molar-refractivity contribution is 0.318. The first-order valence-electron chi connectivity index (χ1n) is 6.23. The van der Waals surface area contributed by atoms with Crippen LogP contribution in [0.3, 0.4) is 0 Å². The normalized spacial score (nSPS) is 11.5.